The van der Waals surface area contributed by atoms with Gasteiger partial charge in [0.1, 0.15) is 5.82 Å². The van der Waals surface area contributed by atoms with Gasteiger partial charge < -0.3 is 11.1 Å². The number of aryl methyl sites for hydroxylation is 1. The Kier molecular flexibility index (Phi) is 5.11. The smallest absolute Gasteiger partial charge is 0.229 e. The average molecular weight is 273 g/mol. The number of halogens is 2. The third kappa shape index (κ3) is 3.21. The lowest BCUT2D eigenvalue weighted by Gasteiger charge is -2.16. The Labute approximate surface area is 112 Å². The van der Waals surface area contributed by atoms with Crippen LogP contribution in [0.5, 0.6) is 0 Å². The fourth-order valence-electron chi connectivity index (χ4n) is 2.27. The third-order valence-electron chi connectivity index (χ3n) is 3.36. The van der Waals surface area contributed by atoms with Gasteiger partial charge >= 0.3 is 0 Å². The monoisotopic (exact) mass is 272 g/mol. The summed E-state index contributed by atoms with van der Waals surface area (Å²) in [6.45, 7) is 1.84. The van der Waals surface area contributed by atoms with Crippen LogP contribution in [0.15, 0.2) is 18.2 Å². The van der Waals surface area contributed by atoms with E-state index in [1.165, 1.54) is 12.1 Å². The number of hydrogen-bond acceptors (Lipinski definition) is 2. The number of benzene rings is 1. The molecule has 100 valence electrons. The summed E-state index contributed by atoms with van der Waals surface area (Å²) >= 11 is 0. The molecule has 0 bridgehead atoms. The average Bonchev–Trinajstić information content (AvgIpc) is 2.70. The van der Waals surface area contributed by atoms with E-state index in [1.807, 2.05) is 6.92 Å². The highest BCUT2D eigenvalue weighted by molar-refractivity contribution is 5.93. The van der Waals surface area contributed by atoms with E-state index < -0.39 is 0 Å². The van der Waals surface area contributed by atoms with Gasteiger partial charge in [0.15, 0.2) is 0 Å². The molecule has 1 amide bonds. The number of carbonyl (C=O) groups is 1. The van der Waals surface area contributed by atoms with Crippen molar-refractivity contribution in [3.05, 3.63) is 29.6 Å². The van der Waals surface area contributed by atoms with Crippen LogP contribution in [0.1, 0.15) is 24.8 Å². The van der Waals surface area contributed by atoms with Crippen molar-refractivity contribution in [1.82, 2.24) is 0 Å². The number of rotatable bonds is 2. The minimum Gasteiger partial charge on any atom is -0.327 e. The van der Waals surface area contributed by atoms with Crippen molar-refractivity contribution in [3.8, 4) is 0 Å². The van der Waals surface area contributed by atoms with E-state index in [0.717, 1.165) is 24.8 Å². The first-order chi connectivity index (χ1) is 8.08. The molecule has 0 saturated heterocycles. The molecule has 3 N–H and O–H groups in total. The highest BCUT2D eigenvalue weighted by atomic mass is 35.5. The molecule has 1 aliphatic rings. The first kappa shape index (κ1) is 14.9. The maximum atomic E-state index is 13.1. The molecule has 0 aromatic heterocycles. The molecule has 1 saturated carbocycles. The Morgan fingerprint density at radius 1 is 1.44 bits per heavy atom. The molecule has 1 aromatic rings. The Hall–Kier alpha value is -1.13. The van der Waals surface area contributed by atoms with Gasteiger partial charge in [0.2, 0.25) is 5.91 Å². The molecule has 1 fully saturated rings. The zero-order valence-corrected chi connectivity index (χ0v) is 11.1. The molecular weight excluding hydrogens is 255 g/mol. The number of amides is 1. The van der Waals surface area contributed by atoms with E-state index >= 15 is 0 Å². The van der Waals surface area contributed by atoms with E-state index in [4.69, 9.17) is 5.73 Å². The SMILES string of the molecule is Cc1ccc(F)cc1NC(=O)C1CCCC1N.Cl. The normalized spacial score (nSPS) is 22.4. The number of hydrogen-bond donors (Lipinski definition) is 2. The fraction of sp³-hybridized carbons (Fsp3) is 0.462. The minimum absolute atomic E-state index is 0. The van der Waals surface area contributed by atoms with Crippen LogP contribution >= 0.6 is 12.4 Å². The molecule has 1 aromatic carbocycles. The summed E-state index contributed by atoms with van der Waals surface area (Å²) in [7, 11) is 0. The third-order valence-corrected chi connectivity index (χ3v) is 3.36. The predicted octanol–water partition coefficient (Wildman–Crippen LogP) is 2.62. The Morgan fingerprint density at radius 3 is 2.78 bits per heavy atom. The van der Waals surface area contributed by atoms with Crippen molar-refractivity contribution in [1.29, 1.82) is 0 Å². The molecule has 3 nitrogen and oxygen atoms in total. The van der Waals surface area contributed by atoms with Crippen molar-refractivity contribution in [2.75, 3.05) is 5.32 Å². The molecule has 0 aliphatic heterocycles. The van der Waals surface area contributed by atoms with Gasteiger partial charge in [-0.3, -0.25) is 4.79 Å². The van der Waals surface area contributed by atoms with Gasteiger partial charge in [-0.2, -0.15) is 0 Å². The van der Waals surface area contributed by atoms with E-state index in [9.17, 15) is 9.18 Å². The van der Waals surface area contributed by atoms with Crippen LogP contribution in [-0.4, -0.2) is 11.9 Å². The standard InChI is InChI=1S/C13H17FN2O.ClH/c1-8-5-6-9(14)7-12(8)16-13(17)10-3-2-4-11(10)15;/h5-7,10-11H,2-4,15H2,1H3,(H,16,17);1H. The fourth-order valence-corrected chi connectivity index (χ4v) is 2.27. The summed E-state index contributed by atoms with van der Waals surface area (Å²) in [5.74, 6) is -0.581. The zero-order chi connectivity index (χ0) is 12.4. The van der Waals surface area contributed by atoms with E-state index in [1.54, 1.807) is 6.07 Å². The largest absolute Gasteiger partial charge is 0.327 e. The maximum Gasteiger partial charge on any atom is 0.229 e. The second kappa shape index (κ2) is 6.16. The van der Waals surface area contributed by atoms with Crippen LogP contribution in [0, 0.1) is 18.7 Å². The second-order valence-corrected chi connectivity index (χ2v) is 4.65. The molecule has 5 heteroatoms. The summed E-state index contributed by atoms with van der Waals surface area (Å²) in [6, 6.07) is 4.31. The van der Waals surface area contributed by atoms with E-state index in [2.05, 4.69) is 5.32 Å². The van der Waals surface area contributed by atoms with E-state index in [0.29, 0.717) is 5.69 Å². The summed E-state index contributed by atoms with van der Waals surface area (Å²) in [4.78, 5) is 12.0. The van der Waals surface area contributed by atoms with Gasteiger partial charge in [0.05, 0.1) is 5.92 Å². The lowest BCUT2D eigenvalue weighted by atomic mass is 10.0. The number of nitrogens with one attached hydrogen (secondary N) is 1. The molecular formula is C13H18ClFN2O. The highest BCUT2D eigenvalue weighted by Crippen LogP contribution is 2.26. The van der Waals surface area contributed by atoms with Crippen molar-refractivity contribution >= 4 is 24.0 Å². The summed E-state index contributed by atoms with van der Waals surface area (Å²) < 4.78 is 13.1. The van der Waals surface area contributed by atoms with Crippen molar-refractivity contribution in [2.24, 2.45) is 11.7 Å². The molecule has 1 aliphatic carbocycles. The predicted molar refractivity (Wildman–Crippen MR) is 72.3 cm³/mol. The number of carbonyl (C=O) groups excluding carboxylic acids is 1. The quantitative estimate of drug-likeness (QED) is 0.870. The van der Waals surface area contributed by atoms with Crippen LogP contribution in [0.3, 0.4) is 0 Å². The first-order valence-corrected chi connectivity index (χ1v) is 5.90. The van der Waals surface area contributed by atoms with Crippen LogP contribution in [0.25, 0.3) is 0 Å². The van der Waals surface area contributed by atoms with Gasteiger partial charge in [-0.15, -0.1) is 12.4 Å². The number of anilines is 1. The second-order valence-electron chi connectivity index (χ2n) is 4.65. The van der Waals surface area contributed by atoms with Crippen LogP contribution < -0.4 is 11.1 Å². The number of nitrogens with two attached hydrogens (primary N) is 1. The van der Waals surface area contributed by atoms with Crippen LogP contribution in [0.4, 0.5) is 10.1 Å². The van der Waals surface area contributed by atoms with Crippen molar-refractivity contribution < 1.29 is 9.18 Å². The summed E-state index contributed by atoms with van der Waals surface area (Å²) in [6.07, 6.45) is 2.70. The summed E-state index contributed by atoms with van der Waals surface area (Å²) in [5, 5.41) is 2.76. The lowest BCUT2D eigenvalue weighted by Crippen LogP contribution is -2.34. The van der Waals surface area contributed by atoms with Crippen molar-refractivity contribution in [2.45, 2.75) is 32.2 Å². The van der Waals surface area contributed by atoms with Crippen molar-refractivity contribution in [3.63, 3.8) is 0 Å². The highest BCUT2D eigenvalue weighted by Gasteiger charge is 2.30. The molecule has 2 rings (SSSR count). The van der Waals surface area contributed by atoms with Gasteiger partial charge in [0.25, 0.3) is 0 Å². The summed E-state index contributed by atoms with van der Waals surface area (Å²) in [5.41, 5.74) is 7.26. The molecule has 2 atom stereocenters. The topological polar surface area (TPSA) is 55.1 Å². The van der Waals surface area contributed by atoms with Gasteiger partial charge in [-0.05, 0) is 37.5 Å². The zero-order valence-electron chi connectivity index (χ0n) is 10.3. The molecule has 0 radical (unpaired) electrons. The molecule has 2 unspecified atom stereocenters. The van der Waals surface area contributed by atoms with Crippen LogP contribution in [-0.2, 0) is 4.79 Å². The molecule has 18 heavy (non-hydrogen) atoms. The Bertz CT molecular complexity index is 439. The Balaban J connectivity index is 0.00000162. The minimum atomic E-state index is -0.346. The van der Waals surface area contributed by atoms with Gasteiger partial charge in [-0.25, -0.2) is 4.39 Å². The molecule has 0 spiro atoms. The van der Waals surface area contributed by atoms with E-state index in [-0.39, 0.29) is 36.1 Å². The van der Waals surface area contributed by atoms with Crippen LogP contribution in [0.2, 0.25) is 0 Å². The lowest BCUT2D eigenvalue weighted by molar-refractivity contribution is -0.120. The van der Waals surface area contributed by atoms with Gasteiger partial charge in [0, 0.05) is 11.7 Å². The molecule has 0 heterocycles. The Morgan fingerprint density at radius 2 is 2.17 bits per heavy atom. The maximum absolute atomic E-state index is 13.1. The first-order valence-electron chi connectivity index (χ1n) is 5.90. The van der Waals surface area contributed by atoms with Gasteiger partial charge in [-0.1, -0.05) is 12.5 Å².